The van der Waals surface area contributed by atoms with Crippen molar-refractivity contribution in [3.05, 3.63) is 47.7 Å². The Balaban J connectivity index is 1.74. The van der Waals surface area contributed by atoms with Gasteiger partial charge in [-0.05, 0) is 24.1 Å². The highest BCUT2D eigenvalue weighted by Gasteiger charge is 2.35. The van der Waals surface area contributed by atoms with E-state index in [1.807, 2.05) is 24.3 Å². The van der Waals surface area contributed by atoms with E-state index in [2.05, 4.69) is 18.3 Å². The molecule has 1 amide bonds. The third-order valence-electron chi connectivity index (χ3n) is 4.39. The van der Waals surface area contributed by atoms with Gasteiger partial charge in [0.15, 0.2) is 5.76 Å². The summed E-state index contributed by atoms with van der Waals surface area (Å²) in [4.78, 5) is 12.4. The Kier molecular flexibility index (Phi) is 4.68. The van der Waals surface area contributed by atoms with Crippen molar-refractivity contribution in [3.63, 3.8) is 0 Å². The molecule has 0 bridgehead atoms. The number of furan rings is 1. The molecular formula is C19H20N2O3. The van der Waals surface area contributed by atoms with E-state index in [0.29, 0.717) is 31.8 Å². The zero-order valence-corrected chi connectivity index (χ0v) is 13.7. The van der Waals surface area contributed by atoms with Gasteiger partial charge in [-0.3, -0.25) is 4.79 Å². The van der Waals surface area contributed by atoms with Crippen molar-refractivity contribution in [3.8, 4) is 17.4 Å². The third kappa shape index (κ3) is 3.34. The lowest BCUT2D eigenvalue weighted by Gasteiger charge is -2.31. The van der Waals surface area contributed by atoms with Crippen LogP contribution in [-0.4, -0.2) is 24.7 Å². The zero-order chi connectivity index (χ0) is 17.0. The van der Waals surface area contributed by atoms with E-state index in [9.17, 15) is 10.1 Å². The molecular weight excluding hydrogens is 304 g/mol. The van der Waals surface area contributed by atoms with Gasteiger partial charge in [0.1, 0.15) is 11.3 Å². The molecule has 3 rings (SSSR count). The number of nitriles is 1. The van der Waals surface area contributed by atoms with Crippen LogP contribution in [0.5, 0.6) is 0 Å². The molecule has 1 N–H and O–H groups in total. The molecule has 0 spiro atoms. The summed E-state index contributed by atoms with van der Waals surface area (Å²) in [5.41, 5.74) is 1.30. The van der Waals surface area contributed by atoms with Gasteiger partial charge in [0.2, 0.25) is 0 Å². The van der Waals surface area contributed by atoms with Gasteiger partial charge in [-0.15, -0.1) is 0 Å². The first kappa shape index (κ1) is 16.3. The lowest BCUT2D eigenvalue weighted by Crippen LogP contribution is -2.50. The Morgan fingerprint density at radius 2 is 1.92 bits per heavy atom. The van der Waals surface area contributed by atoms with Crippen LogP contribution >= 0.6 is 0 Å². The van der Waals surface area contributed by atoms with E-state index in [1.54, 1.807) is 12.1 Å². The SMILES string of the molecule is CCc1ccc(-c2ccc(C(=O)NC3(C#N)CCOCC3)o2)cc1. The second kappa shape index (κ2) is 6.90. The molecule has 1 aliphatic heterocycles. The van der Waals surface area contributed by atoms with Crippen molar-refractivity contribution < 1.29 is 13.9 Å². The van der Waals surface area contributed by atoms with Crippen LogP contribution in [0, 0.1) is 11.3 Å². The Labute approximate surface area is 141 Å². The predicted octanol–water partition coefficient (Wildman–Crippen LogP) is 3.31. The lowest BCUT2D eigenvalue weighted by atomic mass is 9.91. The van der Waals surface area contributed by atoms with Crippen LogP contribution in [0.15, 0.2) is 40.8 Å². The average Bonchev–Trinajstić information content (AvgIpc) is 3.13. The number of hydrogen-bond donors (Lipinski definition) is 1. The van der Waals surface area contributed by atoms with E-state index >= 15 is 0 Å². The first-order valence-corrected chi connectivity index (χ1v) is 8.16. The van der Waals surface area contributed by atoms with Crippen LogP contribution in [-0.2, 0) is 11.2 Å². The summed E-state index contributed by atoms with van der Waals surface area (Å²) in [6, 6.07) is 13.7. The molecule has 1 fully saturated rings. The maximum atomic E-state index is 12.4. The summed E-state index contributed by atoms with van der Waals surface area (Å²) in [5, 5.41) is 12.2. The molecule has 1 aliphatic rings. The van der Waals surface area contributed by atoms with Crippen LogP contribution in [0.3, 0.4) is 0 Å². The average molecular weight is 324 g/mol. The highest BCUT2D eigenvalue weighted by atomic mass is 16.5. The quantitative estimate of drug-likeness (QED) is 0.936. The van der Waals surface area contributed by atoms with E-state index in [4.69, 9.17) is 9.15 Å². The molecule has 1 saturated heterocycles. The van der Waals surface area contributed by atoms with Crippen molar-refractivity contribution in [1.82, 2.24) is 5.32 Å². The standard InChI is InChI=1S/C19H20N2O3/c1-2-14-3-5-15(6-4-14)16-7-8-17(24-16)18(22)21-19(13-20)9-11-23-12-10-19/h3-8H,2,9-12H2,1H3,(H,21,22). The van der Waals surface area contributed by atoms with Crippen LogP contribution in [0.1, 0.15) is 35.9 Å². The molecule has 0 unspecified atom stereocenters. The first-order valence-electron chi connectivity index (χ1n) is 8.16. The summed E-state index contributed by atoms with van der Waals surface area (Å²) in [6.07, 6.45) is 1.95. The molecule has 2 heterocycles. The van der Waals surface area contributed by atoms with Crippen molar-refractivity contribution in [2.24, 2.45) is 0 Å². The fourth-order valence-corrected chi connectivity index (χ4v) is 2.78. The minimum Gasteiger partial charge on any atom is -0.451 e. The topological polar surface area (TPSA) is 75.3 Å². The summed E-state index contributed by atoms with van der Waals surface area (Å²) < 4.78 is 11.0. The van der Waals surface area contributed by atoms with Gasteiger partial charge < -0.3 is 14.5 Å². The fraction of sp³-hybridized carbons (Fsp3) is 0.368. The number of ether oxygens (including phenoxy) is 1. The molecule has 0 radical (unpaired) electrons. The second-order valence-corrected chi connectivity index (χ2v) is 5.97. The highest BCUT2D eigenvalue weighted by molar-refractivity contribution is 5.92. The third-order valence-corrected chi connectivity index (χ3v) is 4.39. The van der Waals surface area contributed by atoms with Gasteiger partial charge in [-0.1, -0.05) is 31.2 Å². The molecule has 5 nitrogen and oxygen atoms in total. The number of nitrogens with one attached hydrogen (secondary N) is 1. The number of hydrogen-bond acceptors (Lipinski definition) is 4. The van der Waals surface area contributed by atoms with Crippen molar-refractivity contribution in [1.29, 1.82) is 5.26 Å². The number of benzene rings is 1. The Morgan fingerprint density at radius 1 is 1.21 bits per heavy atom. The maximum Gasteiger partial charge on any atom is 0.288 e. The van der Waals surface area contributed by atoms with Gasteiger partial charge in [0, 0.05) is 31.6 Å². The minimum atomic E-state index is -0.870. The number of nitrogens with zero attached hydrogens (tertiary/aromatic N) is 1. The molecule has 24 heavy (non-hydrogen) atoms. The number of amides is 1. The van der Waals surface area contributed by atoms with Crippen molar-refractivity contribution in [2.45, 2.75) is 31.7 Å². The molecule has 0 atom stereocenters. The van der Waals surface area contributed by atoms with Crippen LogP contribution in [0.2, 0.25) is 0 Å². The Morgan fingerprint density at radius 3 is 2.54 bits per heavy atom. The molecule has 0 saturated carbocycles. The van der Waals surface area contributed by atoms with E-state index < -0.39 is 5.54 Å². The second-order valence-electron chi connectivity index (χ2n) is 5.97. The van der Waals surface area contributed by atoms with Gasteiger partial charge in [0.25, 0.3) is 5.91 Å². The number of rotatable bonds is 4. The lowest BCUT2D eigenvalue weighted by molar-refractivity contribution is 0.0522. The number of carbonyl (C=O) groups is 1. The van der Waals surface area contributed by atoms with Gasteiger partial charge in [-0.2, -0.15) is 5.26 Å². The normalized spacial score (nSPS) is 16.3. The molecule has 5 heteroatoms. The van der Waals surface area contributed by atoms with Gasteiger partial charge in [-0.25, -0.2) is 0 Å². The Bertz CT molecular complexity index is 750. The molecule has 1 aromatic carbocycles. The zero-order valence-electron chi connectivity index (χ0n) is 13.7. The molecule has 1 aromatic heterocycles. The van der Waals surface area contributed by atoms with Crippen molar-refractivity contribution in [2.75, 3.05) is 13.2 Å². The highest BCUT2D eigenvalue weighted by Crippen LogP contribution is 2.24. The van der Waals surface area contributed by atoms with E-state index in [-0.39, 0.29) is 11.7 Å². The largest absolute Gasteiger partial charge is 0.451 e. The smallest absolute Gasteiger partial charge is 0.288 e. The number of carbonyl (C=O) groups excluding carboxylic acids is 1. The number of aryl methyl sites for hydroxylation is 1. The molecule has 2 aromatic rings. The first-order chi connectivity index (χ1) is 11.7. The van der Waals surface area contributed by atoms with E-state index in [1.165, 1.54) is 5.56 Å². The minimum absolute atomic E-state index is 0.214. The summed E-state index contributed by atoms with van der Waals surface area (Å²) >= 11 is 0. The van der Waals surface area contributed by atoms with Crippen molar-refractivity contribution >= 4 is 5.91 Å². The van der Waals surface area contributed by atoms with Gasteiger partial charge >= 0.3 is 0 Å². The predicted molar refractivity (Wildman–Crippen MR) is 89.4 cm³/mol. The Hall–Kier alpha value is -2.58. The monoisotopic (exact) mass is 324 g/mol. The molecule has 124 valence electrons. The van der Waals surface area contributed by atoms with Crippen LogP contribution < -0.4 is 5.32 Å². The van der Waals surface area contributed by atoms with E-state index in [0.717, 1.165) is 12.0 Å². The van der Waals surface area contributed by atoms with Gasteiger partial charge in [0.05, 0.1) is 6.07 Å². The fourth-order valence-electron chi connectivity index (χ4n) is 2.78. The summed E-state index contributed by atoms with van der Waals surface area (Å²) in [5.74, 6) is 0.487. The van der Waals surface area contributed by atoms with Crippen LogP contribution in [0.4, 0.5) is 0 Å². The summed E-state index contributed by atoms with van der Waals surface area (Å²) in [7, 11) is 0. The summed E-state index contributed by atoms with van der Waals surface area (Å²) in [6.45, 7) is 3.05. The van der Waals surface area contributed by atoms with Crippen LogP contribution in [0.25, 0.3) is 11.3 Å². The maximum absolute atomic E-state index is 12.4. The molecule has 0 aliphatic carbocycles.